The zero-order valence-corrected chi connectivity index (χ0v) is 13.4. The van der Waals surface area contributed by atoms with Crippen LogP contribution in [0.15, 0.2) is 30.6 Å². The van der Waals surface area contributed by atoms with Crippen molar-refractivity contribution in [2.75, 3.05) is 26.2 Å². The van der Waals surface area contributed by atoms with E-state index in [1.807, 2.05) is 29.3 Å². The molecule has 0 aliphatic carbocycles. The molecule has 1 aliphatic rings. The van der Waals surface area contributed by atoms with Gasteiger partial charge in [-0.2, -0.15) is 0 Å². The molecule has 0 spiro atoms. The largest absolute Gasteiger partial charge is 0.340 e. The molecule has 0 unspecified atom stereocenters. The molecule has 5 heteroatoms. The van der Waals surface area contributed by atoms with Crippen molar-refractivity contribution in [3.05, 3.63) is 36.3 Å². The summed E-state index contributed by atoms with van der Waals surface area (Å²) in [6.45, 7) is 8.62. The highest BCUT2D eigenvalue weighted by molar-refractivity contribution is 5.76. The van der Waals surface area contributed by atoms with Crippen LogP contribution in [0.4, 0.5) is 0 Å². The van der Waals surface area contributed by atoms with Crippen LogP contribution in [-0.4, -0.2) is 51.3 Å². The van der Waals surface area contributed by atoms with Crippen LogP contribution >= 0.6 is 0 Å². The Morgan fingerprint density at radius 2 is 2.00 bits per heavy atom. The normalized spacial score (nSPS) is 16.6. The molecule has 0 bridgehead atoms. The van der Waals surface area contributed by atoms with Gasteiger partial charge in [0.15, 0.2) is 0 Å². The highest BCUT2D eigenvalue weighted by atomic mass is 16.2. The Labute approximate surface area is 131 Å². The minimum absolute atomic E-state index is 0.296. The van der Waals surface area contributed by atoms with Gasteiger partial charge in [0.05, 0.1) is 11.9 Å². The quantitative estimate of drug-likeness (QED) is 0.867. The van der Waals surface area contributed by atoms with Crippen LogP contribution in [0.25, 0.3) is 5.65 Å². The molecule has 0 saturated carbocycles. The number of piperazine rings is 1. The lowest BCUT2D eigenvalue weighted by molar-refractivity contribution is -0.133. The number of nitrogens with zero attached hydrogens (tertiary/aromatic N) is 4. The molecule has 1 aliphatic heterocycles. The first-order chi connectivity index (χ1) is 10.6. The third kappa shape index (κ3) is 3.30. The molecule has 2 aromatic heterocycles. The molecule has 118 valence electrons. The third-order valence-electron chi connectivity index (χ3n) is 4.19. The number of imidazole rings is 1. The Morgan fingerprint density at radius 1 is 1.23 bits per heavy atom. The molecule has 22 heavy (non-hydrogen) atoms. The summed E-state index contributed by atoms with van der Waals surface area (Å²) in [5.74, 6) is 0.730. The van der Waals surface area contributed by atoms with Crippen molar-refractivity contribution in [2.24, 2.45) is 5.92 Å². The summed E-state index contributed by atoms with van der Waals surface area (Å²) in [5.41, 5.74) is 2.20. The Balaban J connectivity index is 1.57. The minimum Gasteiger partial charge on any atom is -0.340 e. The van der Waals surface area contributed by atoms with Gasteiger partial charge in [-0.3, -0.25) is 9.69 Å². The zero-order valence-electron chi connectivity index (χ0n) is 13.4. The lowest BCUT2D eigenvalue weighted by Gasteiger charge is -2.35. The summed E-state index contributed by atoms with van der Waals surface area (Å²) >= 11 is 0. The SMILES string of the molecule is CC(C)CC(=O)N1CCN(Cc2cnc3ccccn23)CC1. The highest BCUT2D eigenvalue weighted by Crippen LogP contribution is 2.12. The second-order valence-electron chi connectivity index (χ2n) is 6.43. The number of rotatable bonds is 4. The summed E-state index contributed by atoms with van der Waals surface area (Å²) in [7, 11) is 0. The van der Waals surface area contributed by atoms with Crippen molar-refractivity contribution >= 4 is 11.6 Å². The topological polar surface area (TPSA) is 40.9 Å². The predicted molar refractivity (Wildman–Crippen MR) is 86.5 cm³/mol. The summed E-state index contributed by atoms with van der Waals surface area (Å²) in [6, 6.07) is 6.05. The van der Waals surface area contributed by atoms with Crippen molar-refractivity contribution < 1.29 is 4.79 Å². The number of amides is 1. The van der Waals surface area contributed by atoms with E-state index in [0.717, 1.165) is 38.4 Å². The number of carbonyl (C=O) groups is 1. The number of aromatic nitrogens is 2. The maximum Gasteiger partial charge on any atom is 0.222 e. The zero-order chi connectivity index (χ0) is 15.5. The Kier molecular flexibility index (Phi) is 4.43. The van der Waals surface area contributed by atoms with Crippen LogP contribution in [0.1, 0.15) is 26.0 Å². The monoisotopic (exact) mass is 300 g/mol. The minimum atomic E-state index is 0.296. The molecule has 5 nitrogen and oxygen atoms in total. The molecule has 1 saturated heterocycles. The fourth-order valence-corrected chi connectivity index (χ4v) is 2.96. The number of hydrogen-bond donors (Lipinski definition) is 0. The number of pyridine rings is 1. The molecule has 3 rings (SSSR count). The molecular weight excluding hydrogens is 276 g/mol. The molecule has 0 N–H and O–H groups in total. The second kappa shape index (κ2) is 6.48. The summed E-state index contributed by atoms with van der Waals surface area (Å²) in [5, 5.41) is 0. The van der Waals surface area contributed by atoms with Gasteiger partial charge in [-0.1, -0.05) is 19.9 Å². The average Bonchev–Trinajstić information content (AvgIpc) is 2.91. The van der Waals surface area contributed by atoms with Crippen molar-refractivity contribution in [3.63, 3.8) is 0 Å². The highest BCUT2D eigenvalue weighted by Gasteiger charge is 2.22. The van der Waals surface area contributed by atoms with Gasteiger partial charge in [0.2, 0.25) is 5.91 Å². The van der Waals surface area contributed by atoms with E-state index < -0.39 is 0 Å². The molecular formula is C17H24N4O. The lowest BCUT2D eigenvalue weighted by atomic mass is 10.1. The molecule has 1 amide bonds. The molecule has 0 radical (unpaired) electrons. The van der Waals surface area contributed by atoms with Gasteiger partial charge in [0.25, 0.3) is 0 Å². The van der Waals surface area contributed by atoms with Gasteiger partial charge in [-0.05, 0) is 18.1 Å². The van der Waals surface area contributed by atoms with E-state index >= 15 is 0 Å². The Bertz CT molecular complexity index is 641. The number of carbonyl (C=O) groups excluding carboxylic acids is 1. The lowest BCUT2D eigenvalue weighted by Crippen LogP contribution is -2.48. The van der Waals surface area contributed by atoms with Crippen LogP contribution in [0.5, 0.6) is 0 Å². The number of fused-ring (bicyclic) bond motifs is 1. The van der Waals surface area contributed by atoms with E-state index in [0.29, 0.717) is 18.2 Å². The molecule has 1 fully saturated rings. The fraction of sp³-hybridized carbons (Fsp3) is 0.529. The van der Waals surface area contributed by atoms with Crippen LogP contribution in [-0.2, 0) is 11.3 Å². The fourth-order valence-electron chi connectivity index (χ4n) is 2.96. The van der Waals surface area contributed by atoms with Gasteiger partial charge in [-0.15, -0.1) is 0 Å². The van der Waals surface area contributed by atoms with E-state index in [9.17, 15) is 4.79 Å². The van der Waals surface area contributed by atoms with E-state index in [2.05, 4.69) is 34.3 Å². The molecule has 0 atom stereocenters. The predicted octanol–water partition coefficient (Wildman–Crippen LogP) is 2.02. The van der Waals surface area contributed by atoms with Crippen LogP contribution in [0, 0.1) is 5.92 Å². The maximum absolute atomic E-state index is 12.1. The van der Waals surface area contributed by atoms with E-state index in [1.165, 1.54) is 5.69 Å². The first-order valence-corrected chi connectivity index (χ1v) is 8.04. The van der Waals surface area contributed by atoms with Gasteiger partial charge >= 0.3 is 0 Å². The standard InChI is InChI=1S/C17H24N4O/c1-14(2)11-17(22)20-9-7-19(8-10-20)13-15-12-18-16-5-3-4-6-21(15)16/h3-6,12,14H,7-11,13H2,1-2H3. The smallest absolute Gasteiger partial charge is 0.222 e. The third-order valence-corrected chi connectivity index (χ3v) is 4.19. The molecule has 2 aromatic rings. The maximum atomic E-state index is 12.1. The van der Waals surface area contributed by atoms with Crippen LogP contribution in [0.2, 0.25) is 0 Å². The van der Waals surface area contributed by atoms with Crippen molar-refractivity contribution in [2.45, 2.75) is 26.8 Å². The van der Waals surface area contributed by atoms with Crippen molar-refractivity contribution in [1.82, 2.24) is 19.2 Å². The van der Waals surface area contributed by atoms with Crippen molar-refractivity contribution in [3.8, 4) is 0 Å². The van der Waals surface area contributed by atoms with Gasteiger partial charge in [0, 0.05) is 45.3 Å². The summed E-state index contributed by atoms with van der Waals surface area (Å²) < 4.78 is 2.14. The molecule has 0 aromatic carbocycles. The second-order valence-corrected chi connectivity index (χ2v) is 6.43. The van der Waals surface area contributed by atoms with Gasteiger partial charge in [0.1, 0.15) is 5.65 Å². The van der Waals surface area contributed by atoms with Crippen LogP contribution in [0.3, 0.4) is 0 Å². The van der Waals surface area contributed by atoms with E-state index in [-0.39, 0.29) is 0 Å². The van der Waals surface area contributed by atoms with E-state index in [1.54, 1.807) is 0 Å². The summed E-state index contributed by atoms with van der Waals surface area (Å²) in [6.07, 6.45) is 4.67. The Morgan fingerprint density at radius 3 is 2.73 bits per heavy atom. The summed E-state index contributed by atoms with van der Waals surface area (Å²) in [4.78, 5) is 20.9. The first kappa shape index (κ1) is 15.0. The molecule has 3 heterocycles. The number of hydrogen-bond acceptors (Lipinski definition) is 3. The van der Waals surface area contributed by atoms with Gasteiger partial charge < -0.3 is 9.30 Å². The van der Waals surface area contributed by atoms with E-state index in [4.69, 9.17) is 0 Å². The van der Waals surface area contributed by atoms with Crippen molar-refractivity contribution in [1.29, 1.82) is 0 Å². The Hall–Kier alpha value is -1.88. The average molecular weight is 300 g/mol. The van der Waals surface area contributed by atoms with Crippen LogP contribution < -0.4 is 0 Å². The first-order valence-electron chi connectivity index (χ1n) is 8.04. The van der Waals surface area contributed by atoms with Gasteiger partial charge in [-0.25, -0.2) is 4.98 Å².